The monoisotopic (exact) mass is 948 g/mol. The van der Waals surface area contributed by atoms with Crippen molar-refractivity contribution >= 4 is 123 Å². The van der Waals surface area contributed by atoms with Crippen molar-refractivity contribution in [2.75, 3.05) is 42.5 Å². The van der Waals surface area contributed by atoms with Gasteiger partial charge in [0.2, 0.25) is 0 Å². The summed E-state index contributed by atoms with van der Waals surface area (Å²) in [4.78, 5) is 35.9. The molecule has 14 nitrogen and oxygen atoms in total. The Balaban J connectivity index is 0.000000519. The second kappa shape index (κ2) is 27.8. The number of anilines is 1. The first kappa shape index (κ1) is 54.1. The lowest BCUT2D eigenvalue weighted by molar-refractivity contribution is 0.00713. The molecule has 4 unspecified atom stereocenters. The second-order valence-electron chi connectivity index (χ2n) is 14.7. The third kappa shape index (κ3) is 24.2. The Morgan fingerprint density at radius 2 is 1.29 bits per heavy atom. The second-order valence-corrected chi connectivity index (χ2v) is 19.4. The molecule has 4 atom stereocenters. The molecule has 0 radical (unpaired) electrons. The van der Waals surface area contributed by atoms with Gasteiger partial charge < -0.3 is 45.5 Å². The number of amides is 2. The molecular formula is C38H59ClN8O6P2S4. The smallest absolute Gasteiger partial charge is 0.410 e. The lowest BCUT2D eigenvalue weighted by atomic mass is 10.1. The van der Waals surface area contributed by atoms with E-state index in [2.05, 4.69) is 51.2 Å². The first-order chi connectivity index (χ1) is 27.3. The Kier molecular flexibility index (Phi) is 25.5. The van der Waals surface area contributed by atoms with Gasteiger partial charge in [0.05, 0.1) is 23.9 Å². The molecule has 2 amide bonds. The molecule has 0 saturated carbocycles. The van der Waals surface area contributed by atoms with Crippen LogP contribution in [0.25, 0.3) is 0 Å². The molecule has 4 rings (SSSR count). The molecule has 0 aromatic heterocycles. The van der Waals surface area contributed by atoms with Gasteiger partial charge in [-0.3, -0.25) is 5.41 Å². The van der Waals surface area contributed by atoms with Gasteiger partial charge in [-0.2, -0.15) is 9.98 Å². The van der Waals surface area contributed by atoms with Crippen LogP contribution in [0.1, 0.15) is 67.2 Å². The van der Waals surface area contributed by atoms with Gasteiger partial charge in [-0.15, -0.1) is 30.9 Å². The van der Waals surface area contributed by atoms with Gasteiger partial charge in [-0.1, -0.05) is 23.5 Å². The average molecular weight is 950 g/mol. The number of carbonyl (C=O) groups is 2. The summed E-state index contributed by atoms with van der Waals surface area (Å²) in [5.74, 6) is 1.49. The number of halogens is 1. The molecule has 21 heteroatoms. The number of rotatable bonds is 8. The van der Waals surface area contributed by atoms with Crippen LogP contribution in [-0.2, 0) is 9.47 Å². The van der Waals surface area contributed by atoms with E-state index in [0.717, 1.165) is 59.5 Å². The van der Waals surface area contributed by atoms with Crippen LogP contribution in [0.2, 0.25) is 0 Å². The van der Waals surface area contributed by atoms with Crippen molar-refractivity contribution < 1.29 is 28.5 Å². The summed E-state index contributed by atoms with van der Waals surface area (Å²) in [5, 5.41) is 12.9. The molecule has 0 bridgehead atoms. The number of likely N-dealkylation sites (tertiary alicyclic amines) is 2. The summed E-state index contributed by atoms with van der Waals surface area (Å²) in [7, 11) is 5.03. The van der Waals surface area contributed by atoms with Gasteiger partial charge in [0.25, 0.3) is 0 Å². The molecule has 6 N–H and O–H groups in total. The number of carbonyl (C=O) groups excluding carboxylic acids is 2. The fraction of sp³-hybridized carbons (Fsp3) is 0.526. The van der Waals surface area contributed by atoms with Crippen LogP contribution in [-0.4, -0.2) is 103 Å². The number of piperidine rings is 2. The maximum absolute atomic E-state index is 12.3. The summed E-state index contributed by atoms with van der Waals surface area (Å²) in [6.45, 7) is 13.6. The molecule has 2 aliphatic heterocycles. The molecule has 328 valence electrons. The highest BCUT2D eigenvalue weighted by Gasteiger charge is 2.30. The normalized spacial score (nSPS) is 16.5. The Hall–Kier alpha value is -2.94. The maximum Gasteiger partial charge on any atom is 0.410 e. The van der Waals surface area contributed by atoms with E-state index in [4.69, 9.17) is 48.0 Å². The zero-order chi connectivity index (χ0) is 43.3. The van der Waals surface area contributed by atoms with Crippen LogP contribution in [0.5, 0.6) is 11.5 Å². The quantitative estimate of drug-likeness (QED) is 0.0849. The van der Waals surface area contributed by atoms with Crippen LogP contribution in [0.3, 0.4) is 0 Å². The molecule has 2 aromatic rings. The van der Waals surface area contributed by atoms with E-state index in [1.54, 1.807) is 9.80 Å². The minimum atomic E-state index is -0.503. The molecule has 2 heterocycles. The molecule has 2 fully saturated rings. The summed E-state index contributed by atoms with van der Waals surface area (Å²) in [6.07, 6.45) is 2.92. The van der Waals surface area contributed by atoms with Crippen molar-refractivity contribution in [2.45, 2.75) is 90.6 Å². The molecule has 2 aromatic carbocycles. The third-order valence-electron chi connectivity index (χ3n) is 7.46. The Bertz CT molecular complexity index is 1710. The fourth-order valence-corrected chi connectivity index (χ4v) is 7.10. The predicted octanol–water partition coefficient (Wildman–Crippen LogP) is 9.11. The van der Waals surface area contributed by atoms with E-state index in [9.17, 15) is 9.59 Å². The molecule has 2 saturated heterocycles. The molecule has 0 spiro atoms. The van der Waals surface area contributed by atoms with Gasteiger partial charge in [0.15, 0.2) is 15.4 Å². The first-order valence-corrected chi connectivity index (χ1v) is 22.9. The van der Waals surface area contributed by atoms with Crippen molar-refractivity contribution in [1.29, 1.82) is 5.41 Å². The number of nitrogens with zero attached hydrogens (tertiary/aromatic N) is 4. The highest BCUT2D eigenvalue weighted by atomic mass is 35.5. The number of isothiocyanates is 1. The van der Waals surface area contributed by atoms with E-state index < -0.39 is 11.2 Å². The summed E-state index contributed by atoms with van der Waals surface area (Å²) < 4.78 is 22.9. The van der Waals surface area contributed by atoms with E-state index in [-0.39, 0.29) is 42.0 Å². The predicted molar refractivity (Wildman–Crippen MR) is 262 cm³/mol. The van der Waals surface area contributed by atoms with Gasteiger partial charge >= 0.3 is 12.2 Å². The molecule has 0 aliphatic carbocycles. The van der Waals surface area contributed by atoms with E-state index in [1.807, 2.05) is 90.1 Å². The SMILES string of the molecule is CC(C)(C)OC(=O)N1CCCC(Oc2ccc(N=C=S)cc2)C1.CC(C)(C)OC(=O)N1CCCC(Oc2ccc(NC(=S)N=C(N)SCP)cc2)C1.Cl.N=C(N)SCP. The third-order valence-corrected chi connectivity index (χ3v) is 9.78. The van der Waals surface area contributed by atoms with Crippen LogP contribution < -0.4 is 26.3 Å². The van der Waals surface area contributed by atoms with Crippen LogP contribution in [0.15, 0.2) is 58.5 Å². The van der Waals surface area contributed by atoms with Crippen LogP contribution >= 0.6 is 78.8 Å². The average Bonchev–Trinajstić information content (AvgIpc) is 3.13. The Morgan fingerprint density at radius 3 is 1.66 bits per heavy atom. The highest BCUT2D eigenvalue weighted by molar-refractivity contribution is 8.16. The maximum atomic E-state index is 12.3. The Labute approximate surface area is 379 Å². The summed E-state index contributed by atoms with van der Waals surface area (Å²) in [5.41, 5.74) is 12.8. The van der Waals surface area contributed by atoms with E-state index >= 15 is 0 Å². The number of amidine groups is 2. The summed E-state index contributed by atoms with van der Waals surface area (Å²) in [6, 6.07) is 14.8. The fourth-order valence-electron chi connectivity index (χ4n) is 5.17. The minimum absolute atomic E-state index is 0. The molecule has 2 aliphatic rings. The number of hydrogen-bond acceptors (Lipinski definition) is 12. The van der Waals surface area contributed by atoms with Crippen LogP contribution in [0, 0.1) is 5.41 Å². The first-order valence-electron chi connectivity index (χ1n) is 18.5. The topological polar surface area (TPSA) is 190 Å². The van der Waals surface area contributed by atoms with Crippen molar-refractivity contribution in [3.63, 3.8) is 0 Å². The minimum Gasteiger partial charge on any atom is -0.489 e. The van der Waals surface area contributed by atoms with E-state index in [0.29, 0.717) is 36.5 Å². The lowest BCUT2D eigenvalue weighted by Crippen LogP contribution is -2.46. The number of ether oxygens (including phenoxy) is 4. The standard InChI is InChI=1S/C19H29N4O3PS2.C17H22N2O3S.C2H7N2PS.ClH/c1-19(2,3)26-18(24)23-10-4-5-15(11-23)25-14-8-6-13(7-9-14)21-17(28)22-16(20)29-12-27;1-17(2,3)22-16(20)19-10-4-5-15(11-19)21-14-8-6-13(7-9-14)18-12-23;3-2(4)6-1-5;/h6-9,15H,4-5,10-12,27H2,1-3H3,(H3,20,21,22,28);6-9,15H,4-5,10-11H2,1-3H3;1,5H2,(H3,3,4);1H. The largest absolute Gasteiger partial charge is 0.489 e. The van der Waals surface area contributed by atoms with Crippen LogP contribution in [0.4, 0.5) is 21.0 Å². The molecular weight excluding hydrogens is 890 g/mol. The number of thioether (sulfide) groups is 2. The van der Waals surface area contributed by atoms with Gasteiger partial charge in [0, 0.05) is 29.8 Å². The van der Waals surface area contributed by atoms with Gasteiger partial charge in [0.1, 0.15) is 34.9 Å². The number of benzene rings is 2. The number of nitrogens with two attached hydrogens (primary N) is 2. The van der Waals surface area contributed by atoms with Gasteiger partial charge in [-0.05, 0) is 140 Å². The van der Waals surface area contributed by atoms with Crippen molar-refractivity contribution in [2.24, 2.45) is 21.5 Å². The number of aliphatic imine (C=N–C) groups is 2. The lowest BCUT2D eigenvalue weighted by Gasteiger charge is -2.34. The molecule has 59 heavy (non-hydrogen) atoms. The van der Waals surface area contributed by atoms with Crippen molar-refractivity contribution in [1.82, 2.24) is 9.80 Å². The number of nitrogens with one attached hydrogen (secondary N) is 2. The number of hydrogen-bond donors (Lipinski definition) is 4. The number of thiocarbonyl (C=S) groups is 2. The van der Waals surface area contributed by atoms with Gasteiger partial charge in [-0.25, -0.2) is 9.59 Å². The zero-order valence-corrected chi connectivity index (χ0v) is 40.8. The zero-order valence-electron chi connectivity index (χ0n) is 34.4. The summed E-state index contributed by atoms with van der Waals surface area (Å²) >= 11 is 12.5. The Morgan fingerprint density at radius 1 is 0.847 bits per heavy atom. The van der Waals surface area contributed by atoms with Crippen molar-refractivity contribution in [3.8, 4) is 11.5 Å². The highest BCUT2D eigenvalue weighted by Crippen LogP contribution is 2.24. The van der Waals surface area contributed by atoms with E-state index in [1.165, 1.54) is 23.5 Å². The van der Waals surface area contributed by atoms with Crippen molar-refractivity contribution in [3.05, 3.63) is 48.5 Å².